The molecular weight excluding hydrogens is 314 g/mol. The van der Waals surface area contributed by atoms with Crippen molar-refractivity contribution in [2.45, 2.75) is 44.2 Å². The first-order valence-electron chi connectivity index (χ1n) is 8.38. The molecule has 1 heterocycles. The fourth-order valence-corrected chi connectivity index (χ4v) is 3.51. The Morgan fingerprint density at radius 2 is 1.83 bits per heavy atom. The summed E-state index contributed by atoms with van der Waals surface area (Å²) in [5.41, 5.74) is 1.02. The molecule has 2 aliphatic rings. The summed E-state index contributed by atoms with van der Waals surface area (Å²) in [4.78, 5) is 14.7. The first-order valence-corrected chi connectivity index (χ1v) is 8.38. The van der Waals surface area contributed by atoms with E-state index in [1.165, 1.54) is 6.42 Å². The van der Waals surface area contributed by atoms with Crippen molar-refractivity contribution in [3.05, 3.63) is 35.9 Å². The fraction of sp³-hybridized carbons (Fsp3) is 0.611. The van der Waals surface area contributed by atoms with Crippen LogP contribution in [0.4, 0.5) is 0 Å². The second-order valence-corrected chi connectivity index (χ2v) is 6.19. The number of hydrogen-bond acceptors (Lipinski definition) is 4. The highest BCUT2D eigenvalue weighted by molar-refractivity contribution is 5.85. The number of rotatable bonds is 4. The maximum atomic E-state index is 12.2. The SMILES string of the molecule is Cl.O=C(Cc1ccccc1)O[C@@H]1CCCC[C@H]1N1CCOCC1. The average molecular weight is 340 g/mol. The van der Waals surface area contributed by atoms with Gasteiger partial charge in [0.05, 0.1) is 19.6 Å². The summed E-state index contributed by atoms with van der Waals surface area (Å²) < 4.78 is 11.3. The molecule has 1 aromatic carbocycles. The standard InChI is InChI=1S/C18H25NO3.ClH/c20-18(14-15-6-2-1-3-7-15)22-17-9-5-4-8-16(17)19-10-12-21-13-11-19;/h1-3,6-7,16-17H,4-5,8-14H2;1H/t16-,17-;/m1./s1. The van der Waals surface area contributed by atoms with Gasteiger partial charge in [0.15, 0.2) is 0 Å². The molecule has 1 saturated carbocycles. The van der Waals surface area contributed by atoms with E-state index in [1.54, 1.807) is 0 Å². The van der Waals surface area contributed by atoms with Gasteiger partial charge in [0.25, 0.3) is 0 Å². The number of halogens is 1. The Hall–Kier alpha value is -1.10. The quantitative estimate of drug-likeness (QED) is 0.791. The van der Waals surface area contributed by atoms with Gasteiger partial charge in [-0.15, -0.1) is 12.4 Å². The zero-order chi connectivity index (χ0) is 15.2. The summed E-state index contributed by atoms with van der Waals surface area (Å²) in [6.45, 7) is 3.50. The number of ether oxygens (including phenoxy) is 2. The minimum Gasteiger partial charge on any atom is -0.460 e. The Balaban J connectivity index is 0.00000192. The summed E-state index contributed by atoms with van der Waals surface area (Å²) >= 11 is 0. The predicted molar refractivity (Wildman–Crippen MR) is 91.9 cm³/mol. The molecule has 5 heteroatoms. The van der Waals surface area contributed by atoms with E-state index >= 15 is 0 Å². The van der Waals surface area contributed by atoms with Crippen LogP contribution >= 0.6 is 12.4 Å². The second kappa shape index (κ2) is 9.26. The fourth-order valence-electron chi connectivity index (χ4n) is 3.51. The molecule has 0 spiro atoms. The normalized spacial score (nSPS) is 25.4. The Morgan fingerprint density at radius 3 is 2.57 bits per heavy atom. The number of carbonyl (C=O) groups excluding carboxylic acids is 1. The first kappa shape index (κ1) is 18.2. The van der Waals surface area contributed by atoms with Gasteiger partial charge >= 0.3 is 5.97 Å². The van der Waals surface area contributed by atoms with Crippen molar-refractivity contribution in [3.8, 4) is 0 Å². The van der Waals surface area contributed by atoms with E-state index in [1.807, 2.05) is 30.3 Å². The molecule has 1 aliphatic carbocycles. The van der Waals surface area contributed by atoms with E-state index in [2.05, 4.69) is 4.90 Å². The van der Waals surface area contributed by atoms with E-state index in [4.69, 9.17) is 9.47 Å². The minimum atomic E-state index is -0.101. The van der Waals surface area contributed by atoms with Gasteiger partial charge in [-0.1, -0.05) is 36.8 Å². The van der Waals surface area contributed by atoms with Crippen molar-refractivity contribution in [2.24, 2.45) is 0 Å². The van der Waals surface area contributed by atoms with Gasteiger partial charge in [0.1, 0.15) is 6.10 Å². The monoisotopic (exact) mass is 339 g/mol. The minimum absolute atomic E-state index is 0. The van der Waals surface area contributed by atoms with Crippen LogP contribution in [0.3, 0.4) is 0 Å². The molecule has 0 radical (unpaired) electrons. The lowest BCUT2D eigenvalue weighted by atomic mass is 9.91. The van der Waals surface area contributed by atoms with Crippen LogP contribution in [0.25, 0.3) is 0 Å². The van der Waals surface area contributed by atoms with Gasteiger partial charge in [-0.3, -0.25) is 9.69 Å². The van der Waals surface area contributed by atoms with Crippen LogP contribution in [0.1, 0.15) is 31.2 Å². The van der Waals surface area contributed by atoms with E-state index in [0.717, 1.165) is 51.1 Å². The van der Waals surface area contributed by atoms with Gasteiger partial charge in [-0.2, -0.15) is 0 Å². The molecule has 0 amide bonds. The third-order valence-corrected chi connectivity index (χ3v) is 4.66. The maximum Gasteiger partial charge on any atom is 0.310 e. The highest BCUT2D eigenvalue weighted by atomic mass is 35.5. The van der Waals surface area contributed by atoms with E-state index in [0.29, 0.717) is 12.5 Å². The van der Waals surface area contributed by atoms with Crippen molar-refractivity contribution in [3.63, 3.8) is 0 Å². The Kier molecular flexibility index (Phi) is 7.34. The average Bonchev–Trinajstić information content (AvgIpc) is 2.57. The zero-order valence-electron chi connectivity index (χ0n) is 13.5. The Labute approximate surface area is 144 Å². The molecule has 1 aliphatic heterocycles. The van der Waals surface area contributed by atoms with Crippen LogP contribution in [0.2, 0.25) is 0 Å². The third kappa shape index (κ3) is 5.20. The molecule has 128 valence electrons. The molecule has 23 heavy (non-hydrogen) atoms. The van der Waals surface area contributed by atoms with E-state index in [9.17, 15) is 4.79 Å². The molecule has 0 aromatic heterocycles. The van der Waals surface area contributed by atoms with E-state index < -0.39 is 0 Å². The molecule has 2 atom stereocenters. The molecule has 3 rings (SSSR count). The van der Waals surface area contributed by atoms with Gasteiger partial charge in [-0.25, -0.2) is 0 Å². The molecule has 0 unspecified atom stereocenters. The van der Waals surface area contributed by atoms with Gasteiger partial charge < -0.3 is 9.47 Å². The van der Waals surface area contributed by atoms with Gasteiger partial charge in [0.2, 0.25) is 0 Å². The molecule has 2 fully saturated rings. The van der Waals surface area contributed by atoms with Crippen molar-refractivity contribution in [1.29, 1.82) is 0 Å². The zero-order valence-corrected chi connectivity index (χ0v) is 14.3. The van der Waals surface area contributed by atoms with Crippen LogP contribution in [0.5, 0.6) is 0 Å². The number of carbonyl (C=O) groups is 1. The van der Waals surface area contributed by atoms with Crippen molar-refractivity contribution in [2.75, 3.05) is 26.3 Å². The topological polar surface area (TPSA) is 38.8 Å². The Bertz CT molecular complexity index is 476. The van der Waals surface area contributed by atoms with Crippen molar-refractivity contribution >= 4 is 18.4 Å². The third-order valence-electron chi connectivity index (χ3n) is 4.66. The van der Waals surface area contributed by atoms with Crippen LogP contribution < -0.4 is 0 Å². The Morgan fingerprint density at radius 1 is 1.13 bits per heavy atom. The summed E-state index contributed by atoms with van der Waals surface area (Å²) in [5, 5.41) is 0. The number of esters is 1. The van der Waals surface area contributed by atoms with E-state index in [-0.39, 0.29) is 24.5 Å². The summed E-state index contributed by atoms with van der Waals surface area (Å²) in [7, 11) is 0. The maximum absolute atomic E-state index is 12.2. The lowest BCUT2D eigenvalue weighted by Crippen LogP contribution is -2.51. The molecular formula is C18H26ClNO3. The molecule has 0 N–H and O–H groups in total. The van der Waals surface area contributed by atoms with Gasteiger partial charge in [-0.05, 0) is 24.8 Å². The largest absolute Gasteiger partial charge is 0.460 e. The van der Waals surface area contributed by atoms with Crippen LogP contribution in [-0.4, -0.2) is 49.3 Å². The summed E-state index contributed by atoms with van der Waals surface area (Å²) in [6.07, 6.45) is 4.92. The number of hydrogen-bond donors (Lipinski definition) is 0. The highest BCUT2D eigenvalue weighted by Gasteiger charge is 2.33. The summed E-state index contributed by atoms with van der Waals surface area (Å²) in [5.74, 6) is -0.101. The lowest BCUT2D eigenvalue weighted by molar-refractivity contribution is -0.155. The van der Waals surface area contributed by atoms with Crippen LogP contribution in [-0.2, 0) is 20.7 Å². The van der Waals surface area contributed by atoms with Crippen molar-refractivity contribution in [1.82, 2.24) is 4.90 Å². The number of morpholine rings is 1. The molecule has 0 bridgehead atoms. The lowest BCUT2D eigenvalue weighted by Gasteiger charge is -2.41. The second-order valence-electron chi connectivity index (χ2n) is 6.19. The van der Waals surface area contributed by atoms with Gasteiger partial charge in [0, 0.05) is 19.1 Å². The number of nitrogens with zero attached hydrogens (tertiary/aromatic N) is 1. The molecule has 1 aromatic rings. The first-order chi connectivity index (χ1) is 10.8. The predicted octanol–water partition coefficient (Wildman–Crippen LogP) is 2.84. The van der Waals surface area contributed by atoms with Crippen LogP contribution in [0.15, 0.2) is 30.3 Å². The highest BCUT2D eigenvalue weighted by Crippen LogP contribution is 2.26. The number of benzene rings is 1. The van der Waals surface area contributed by atoms with Crippen LogP contribution in [0, 0.1) is 0 Å². The summed E-state index contributed by atoms with van der Waals surface area (Å²) in [6, 6.07) is 10.2. The smallest absolute Gasteiger partial charge is 0.310 e. The molecule has 4 nitrogen and oxygen atoms in total. The molecule has 1 saturated heterocycles. The van der Waals surface area contributed by atoms with Crippen molar-refractivity contribution < 1.29 is 14.3 Å².